The maximum absolute atomic E-state index is 13.0. The zero-order valence-electron chi connectivity index (χ0n) is 12.7. The molecule has 0 amide bonds. The number of hydrogen-bond acceptors (Lipinski definition) is 6. The first kappa shape index (κ1) is 18.0. The molecule has 2 atom stereocenters. The molecule has 1 aromatic heterocycles. The number of carbonyl (C=O) groups is 1. The summed E-state index contributed by atoms with van der Waals surface area (Å²) in [5.41, 5.74) is 0.460. The molecular formula is C15H16F2N2O5. The van der Waals surface area contributed by atoms with Crippen LogP contribution in [-0.2, 0) is 16.3 Å². The first-order valence-electron chi connectivity index (χ1n) is 7.09. The van der Waals surface area contributed by atoms with Crippen LogP contribution < -0.4 is 0 Å². The van der Waals surface area contributed by atoms with Gasteiger partial charge in [-0.25, -0.2) is 4.89 Å². The van der Waals surface area contributed by atoms with Gasteiger partial charge in [0.25, 0.3) is 6.08 Å². The van der Waals surface area contributed by atoms with E-state index in [0.717, 1.165) is 0 Å². The maximum Gasteiger partial charge on any atom is 0.306 e. The molecule has 1 fully saturated rings. The van der Waals surface area contributed by atoms with E-state index in [1.54, 1.807) is 6.92 Å². The van der Waals surface area contributed by atoms with Crippen LogP contribution in [0.5, 0.6) is 5.75 Å². The summed E-state index contributed by atoms with van der Waals surface area (Å²) in [6.45, 7) is 1.27. The van der Waals surface area contributed by atoms with Crippen molar-refractivity contribution in [3.63, 3.8) is 0 Å². The first-order chi connectivity index (χ1) is 11.3. The summed E-state index contributed by atoms with van der Waals surface area (Å²) in [4.78, 5) is 23.0. The fraction of sp³-hybridized carbons (Fsp3) is 0.400. The molecule has 7 nitrogen and oxygen atoms in total. The van der Waals surface area contributed by atoms with Crippen LogP contribution >= 0.6 is 0 Å². The minimum atomic E-state index is -1.94. The van der Waals surface area contributed by atoms with Crippen LogP contribution in [0.25, 0.3) is 0 Å². The first-order valence-corrected chi connectivity index (χ1v) is 7.09. The van der Waals surface area contributed by atoms with Crippen LogP contribution in [0.2, 0.25) is 0 Å². The van der Waals surface area contributed by atoms with Gasteiger partial charge in [0.2, 0.25) is 0 Å². The zero-order chi connectivity index (χ0) is 17.9. The predicted molar refractivity (Wildman–Crippen MR) is 79.0 cm³/mol. The molecule has 1 unspecified atom stereocenters. The molecule has 3 N–H and O–H groups in total. The van der Waals surface area contributed by atoms with Gasteiger partial charge in [0.1, 0.15) is 12.4 Å². The quantitative estimate of drug-likeness (QED) is 0.431. The summed E-state index contributed by atoms with van der Waals surface area (Å²) in [5.74, 6) is -2.28. The summed E-state index contributed by atoms with van der Waals surface area (Å²) in [7, 11) is 0. The SMILES string of the molecule is Cc1ncc(COO)c(/C=N/[C@H]2CC(C(=O)O)CC2=C(F)F)c1O. The van der Waals surface area contributed by atoms with Crippen LogP contribution in [0.15, 0.2) is 22.8 Å². The summed E-state index contributed by atoms with van der Waals surface area (Å²) in [6, 6.07) is -0.980. The van der Waals surface area contributed by atoms with Gasteiger partial charge in [-0.2, -0.15) is 8.78 Å². The normalized spacial score (nSPS) is 20.8. The highest BCUT2D eigenvalue weighted by molar-refractivity contribution is 5.86. The van der Waals surface area contributed by atoms with E-state index in [1.165, 1.54) is 12.4 Å². The van der Waals surface area contributed by atoms with E-state index in [9.17, 15) is 18.7 Å². The third-order valence-corrected chi connectivity index (χ3v) is 3.93. The molecule has 1 aromatic rings. The third kappa shape index (κ3) is 3.74. The highest BCUT2D eigenvalue weighted by atomic mass is 19.3. The van der Waals surface area contributed by atoms with E-state index in [0.29, 0.717) is 11.3 Å². The molecule has 130 valence electrons. The van der Waals surface area contributed by atoms with Gasteiger partial charge >= 0.3 is 5.97 Å². The summed E-state index contributed by atoms with van der Waals surface area (Å²) in [5, 5.41) is 27.6. The molecular weight excluding hydrogens is 326 g/mol. The Morgan fingerprint density at radius 1 is 1.54 bits per heavy atom. The Hall–Kier alpha value is -2.39. The molecule has 0 bridgehead atoms. The second-order valence-corrected chi connectivity index (χ2v) is 5.46. The number of hydrogen-bond donors (Lipinski definition) is 3. The minimum Gasteiger partial charge on any atom is -0.505 e. The molecule has 24 heavy (non-hydrogen) atoms. The van der Waals surface area contributed by atoms with Crippen molar-refractivity contribution in [3.05, 3.63) is 34.7 Å². The van der Waals surface area contributed by atoms with E-state index in [2.05, 4.69) is 14.9 Å². The Bertz CT molecular complexity index is 701. The van der Waals surface area contributed by atoms with Crippen LogP contribution in [0.3, 0.4) is 0 Å². The van der Waals surface area contributed by atoms with Crippen LogP contribution in [0.1, 0.15) is 29.7 Å². The molecule has 1 heterocycles. The van der Waals surface area contributed by atoms with Gasteiger partial charge in [-0.3, -0.25) is 20.0 Å². The molecule has 2 rings (SSSR count). The largest absolute Gasteiger partial charge is 0.505 e. The fourth-order valence-corrected chi connectivity index (χ4v) is 2.58. The van der Waals surface area contributed by atoms with Crippen molar-refractivity contribution >= 4 is 12.2 Å². The molecule has 0 aliphatic heterocycles. The smallest absolute Gasteiger partial charge is 0.306 e. The van der Waals surface area contributed by atoms with E-state index in [1.807, 2.05) is 0 Å². The van der Waals surface area contributed by atoms with Crippen molar-refractivity contribution in [2.75, 3.05) is 0 Å². The van der Waals surface area contributed by atoms with Crippen molar-refractivity contribution in [1.29, 1.82) is 0 Å². The number of rotatable bonds is 5. The summed E-state index contributed by atoms with van der Waals surface area (Å²) < 4.78 is 26.0. The van der Waals surface area contributed by atoms with E-state index < -0.39 is 24.0 Å². The van der Waals surface area contributed by atoms with E-state index in [4.69, 9.17) is 10.4 Å². The van der Waals surface area contributed by atoms with Gasteiger partial charge in [0.05, 0.1) is 17.7 Å². The fourth-order valence-electron chi connectivity index (χ4n) is 2.58. The summed E-state index contributed by atoms with van der Waals surface area (Å²) >= 11 is 0. The van der Waals surface area contributed by atoms with Crippen LogP contribution in [0, 0.1) is 12.8 Å². The van der Waals surface area contributed by atoms with Crippen molar-refractivity contribution in [2.45, 2.75) is 32.4 Å². The van der Waals surface area contributed by atoms with Crippen molar-refractivity contribution < 1.29 is 33.9 Å². The number of halogens is 2. The Balaban J connectivity index is 2.35. The lowest BCUT2D eigenvalue weighted by Gasteiger charge is -2.10. The number of aliphatic imine (C=N–C) groups is 1. The van der Waals surface area contributed by atoms with Gasteiger partial charge < -0.3 is 10.2 Å². The number of aryl methyl sites for hydroxylation is 1. The molecule has 0 aromatic carbocycles. The second kappa shape index (κ2) is 7.45. The number of carboxylic acid groups (broad SMARTS) is 1. The van der Waals surface area contributed by atoms with Crippen LogP contribution in [0.4, 0.5) is 8.78 Å². The molecule has 0 spiro atoms. The molecule has 0 radical (unpaired) electrons. The lowest BCUT2D eigenvalue weighted by molar-refractivity contribution is -0.253. The number of pyridine rings is 1. The van der Waals surface area contributed by atoms with E-state index in [-0.39, 0.29) is 36.3 Å². The Morgan fingerprint density at radius 3 is 2.83 bits per heavy atom. The number of nitrogens with zero attached hydrogens (tertiary/aromatic N) is 2. The second-order valence-electron chi connectivity index (χ2n) is 5.46. The van der Waals surface area contributed by atoms with Gasteiger partial charge in [-0.15, -0.1) is 0 Å². The van der Waals surface area contributed by atoms with Gasteiger partial charge in [-0.05, 0) is 19.8 Å². The molecule has 1 aliphatic carbocycles. The zero-order valence-corrected chi connectivity index (χ0v) is 12.7. The monoisotopic (exact) mass is 342 g/mol. The predicted octanol–water partition coefficient (Wildman–Crippen LogP) is 2.52. The number of carboxylic acids is 1. The Morgan fingerprint density at radius 2 is 2.25 bits per heavy atom. The van der Waals surface area contributed by atoms with Crippen molar-refractivity contribution in [1.82, 2.24) is 4.98 Å². The molecule has 1 saturated carbocycles. The highest BCUT2D eigenvalue weighted by Gasteiger charge is 2.36. The summed E-state index contributed by atoms with van der Waals surface area (Å²) in [6.07, 6.45) is 0.294. The number of aliphatic carboxylic acids is 1. The average Bonchev–Trinajstić information content (AvgIpc) is 2.95. The molecule has 9 heteroatoms. The third-order valence-electron chi connectivity index (χ3n) is 3.93. The Labute approximate surface area is 135 Å². The molecule has 0 saturated heterocycles. The lowest BCUT2D eigenvalue weighted by Crippen LogP contribution is -2.10. The van der Waals surface area contributed by atoms with Gasteiger partial charge in [0, 0.05) is 29.1 Å². The van der Waals surface area contributed by atoms with Crippen molar-refractivity contribution in [2.24, 2.45) is 10.9 Å². The highest BCUT2D eigenvalue weighted by Crippen LogP contribution is 2.36. The van der Waals surface area contributed by atoms with E-state index >= 15 is 0 Å². The van der Waals surface area contributed by atoms with Gasteiger partial charge in [-0.1, -0.05) is 0 Å². The topological polar surface area (TPSA) is 112 Å². The maximum atomic E-state index is 13.0. The number of aromatic hydroxyl groups is 1. The minimum absolute atomic E-state index is 0.0465. The number of aromatic nitrogens is 1. The lowest BCUT2D eigenvalue weighted by atomic mass is 10.1. The van der Waals surface area contributed by atoms with Gasteiger partial charge in [0.15, 0.2) is 0 Å². The average molecular weight is 342 g/mol. The van der Waals surface area contributed by atoms with Crippen molar-refractivity contribution in [3.8, 4) is 5.75 Å². The Kier molecular flexibility index (Phi) is 5.58. The standard InChI is InChI=1S/C15H16F2N2O5/c1-7-13(20)11(9(4-18-7)6-24-23)5-19-12-3-8(15(21)22)2-10(12)14(16)17/h4-5,8,12,20,23H,2-3,6H2,1H3,(H,21,22)/b19-5+/t8?,12-/m0/s1. The van der Waals surface area contributed by atoms with Crippen LogP contribution in [-0.4, -0.2) is 38.7 Å². The molecule has 1 aliphatic rings.